The molecule has 0 aliphatic carbocycles. The predicted molar refractivity (Wildman–Crippen MR) is 91.3 cm³/mol. The van der Waals surface area contributed by atoms with E-state index in [4.69, 9.17) is 11.6 Å². The van der Waals surface area contributed by atoms with Gasteiger partial charge in [0.05, 0.1) is 20.6 Å². The van der Waals surface area contributed by atoms with E-state index in [-0.39, 0.29) is 5.82 Å². The van der Waals surface area contributed by atoms with Crippen LogP contribution in [-0.4, -0.2) is 20.6 Å². The monoisotopic (exact) mass is 334 g/mol. The van der Waals surface area contributed by atoms with E-state index in [9.17, 15) is 4.39 Å². The Kier molecular flexibility index (Phi) is 4.57. The molecule has 1 heterocycles. The summed E-state index contributed by atoms with van der Waals surface area (Å²) < 4.78 is 13.6. The first-order valence-corrected chi connectivity index (χ1v) is 8.51. The second kappa shape index (κ2) is 6.45. The highest BCUT2D eigenvalue weighted by Gasteiger charge is 2.21. The average molecular weight is 335 g/mol. The molecule has 0 radical (unpaired) electrons. The fourth-order valence-corrected chi connectivity index (χ4v) is 3.88. The van der Waals surface area contributed by atoms with Crippen molar-refractivity contribution in [3.63, 3.8) is 0 Å². The van der Waals surface area contributed by atoms with Gasteiger partial charge in [-0.2, -0.15) is 0 Å². The van der Waals surface area contributed by atoms with E-state index < -0.39 is 0 Å². The van der Waals surface area contributed by atoms with E-state index in [1.807, 2.05) is 24.3 Å². The number of fused-ring (bicyclic) bond motifs is 2. The second-order valence-corrected chi connectivity index (χ2v) is 7.27. The molecule has 22 heavy (non-hydrogen) atoms. The summed E-state index contributed by atoms with van der Waals surface area (Å²) in [5, 5.41) is 0.731. The van der Waals surface area contributed by atoms with Crippen molar-refractivity contribution in [2.45, 2.75) is 16.2 Å². The van der Waals surface area contributed by atoms with Crippen molar-refractivity contribution in [1.82, 2.24) is 0 Å². The Labute approximate surface area is 139 Å². The average Bonchev–Trinajstić information content (AvgIpc) is 2.46. The number of nitrogens with one attached hydrogen (secondary N) is 1. The number of halogens is 2. The zero-order valence-corrected chi connectivity index (χ0v) is 14.2. The highest BCUT2D eigenvalue weighted by molar-refractivity contribution is 7.99. The van der Waals surface area contributed by atoms with Crippen LogP contribution in [0.25, 0.3) is 5.57 Å². The van der Waals surface area contributed by atoms with Crippen molar-refractivity contribution in [2.75, 3.05) is 20.6 Å². The van der Waals surface area contributed by atoms with Crippen LogP contribution in [0, 0.1) is 5.82 Å². The van der Waals surface area contributed by atoms with Crippen LogP contribution >= 0.6 is 23.4 Å². The molecule has 1 aliphatic rings. The van der Waals surface area contributed by atoms with E-state index in [0.29, 0.717) is 0 Å². The third-order valence-corrected chi connectivity index (χ3v) is 5.05. The number of hydrogen-bond donors (Lipinski definition) is 1. The summed E-state index contributed by atoms with van der Waals surface area (Å²) in [4.78, 5) is 3.51. The fraction of sp³-hybridized carbons (Fsp3) is 0.222. The Hall–Kier alpha value is -1.29. The number of benzene rings is 2. The lowest BCUT2D eigenvalue weighted by Gasteiger charge is -2.22. The van der Waals surface area contributed by atoms with Crippen molar-refractivity contribution in [2.24, 2.45) is 0 Å². The molecule has 2 aromatic carbocycles. The summed E-state index contributed by atoms with van der Waals surface area (Å²) >= 11 is 7.78. The molecule has 4 heteroatoms. The molecule has 114 valence electrons. The summed E-state index contributed by atoms with van der Waals surface area (Å²) in [5.41, 5.74) is 3.40. The molecule has 0 bridgehead atoms. The maximum absolute atomic E-state index is 13.6. The van der Waals surface area contributed by atoms with Gasteiger partial charge in [0.15, 0.2) is 0 Å². The largest absolute Gasteiger partial charge is 0.340 e. The van der Waals surface area contributed by atoms with Gasteiger partial charge in [-0.05, 0) is 47.0 Å². The number of rotatable bonds is 3. The van der Waals surface area contributed by atoms with Crippen LogP contribution in [0.5, 0.6) is 0 Å². The van der Waals surface area contributed by atoms with Gasteiger partial charge < -0.3 is 4.90 Å². The molecule has 0 fully saturated rings. The minimum atomic E-state index is -0.194. The van der Waals surface area contributed by atoms with Gasteiger partial charge in [0, 0.05) is 21.2 Å². The summed E-state index contributed by atoms with van der Waals surface area (Å²) in [6.07, 6.45) is 3.23. The molecule has 1 aliphatic heterocycles. The summed E-state index contributed by atoms with van der Waals surface area (Å²) in [6, 6.07) is 10.9. The Morgan fingerprint density at radius 3 is 2.68 bits per heavy atom. The fourth-order valence-electron chi connectivity index (χ4n) is 2.59. The van der Waals surface area contributed by atoms with Crippen LogP contribution < -0.4 is 4.90 Å². The van der Waals surface area contributed by atoms with Crippen LogP contribution in [0.2, 0.25) is 5.02 Å². The highest BCUT2D eigenvalue weighted by Crippen LogP contribution is 2.46. The first-order chi connectivity index (χ1) is 10.5. The van der Waals surface area contributed by atoms with Crippen LogP contribution in [0.15, 0.2) is 52.3 Å². The standard InChI is InChI=1S/C18H17ClFNS/c1-21(2)9-3-4-14-15-7-6-13(20)11-18(15)22-17-8-5-12(19)10-16(14)17/h4-8,10-11H,3,9H2,1-2H3/p+1. The van der Waals surface area contributed by atoms with Crippen LogP contribution in [0.3, 0.4) is 0 Å². The van der Waals surface area contributed by atoms with Crippen LogP contribution in [-0.2, 0) is 0 Å². The summed E-state index contributed by atoms with van der Waals surface area (Å²) in [7, 11) is 4.28. The highest BCUT2D eigenvalue weighted by atomic mass is 35.5. The predicted octanol–water partition coefficient (Wildman–Crippen LogP) is 3.91. The molecule has 0 unspecified atom stereocenters. The summed E-state index contributed by atoms with van der Waals surface area (Å²) in [5.74, 6) is -0.194. The third-order valence-electron chi connectivity index (χ3n) is 3.68. The maximum Gasteiger partial charge on any atom is 0.124 e. The Balaban J connectivity index is 2.08. The second-order valence-electron chi connectivity index (χ2n) is 5.75. The van der Waals surface area contributed by atoms with Crippen molar-refractivity contribution >= 4 is 28.9 Å². The molecule has 0 saturated carbocycles. The van der Waals surface area contributed by atoms with Gasteiger partial charge in [-0.25, -0.2) is 4.39 Å². The lowest BCUT2D eigenvalue weighted by molar-refractivity contribution is -0.857. The van der Waals surface area contributed by atoms with Crippen molar-refractivity contribution in [1.29, 1.82) is 0 Å². The minimum absolute atomic E-state index is 0.194. The van der Waals surface area contributed by atoms with Gasteiger partial charge >= 0.3 is 0 Å². The zero-order chi connectivity index (χ0) is 15.7. The molecule has 0 amide bonds. The summed E-state index contributed by atoms with van der Waals surface area (Å²) in [6.45, 7) is 1.06. The normalized spacial score (nSPS) is 15.0. The lowest BCUT2D eigenvalue weighted by Crippen LogP contribution is -3.05. The first-order valence-electron chi connectivity index (χ1n) is 7.31. The smallest absolute Gasteiger partial charge is 0.124 e. The van der Waals surface area contributed by atoms with Gasteiger partial charge in [0.2, 0.25) is 0 Å². The first kappa shape index (κ1) is 15.6. The van der Waals surface area contributed by atoms with E-state index in [0.717, 1.165) is 44.5 Å². The van der Waals surface area contributed by atoms with E-state index in [2.05, 4.69) is 20.2 Å². The maximum atomic E-state index is 13.6. The molecule has 0 saturated heterocycles. The van der Waals surface area contributed by atoms with Gasteiger partial charge in [0.1, 0.15) is 5.82 Å². The SMILES string of the molecule is C[NH+](C)CCC=C1c2ccc(F)cc2Sc2ccc(Cl)cc21. The number of quaternary nitrogens is 1. The lowest BCUT2D eigenvalue weighted by atomic mass is 9.96. The topological polar surface area (TPSA) is 4.44 Å². The van der Waals surface area contributed by atoms with Gasteiger partial charge in [0.25, 0.3) is 0 Å². The van der Waals surface area contributed by atoms with E-state index >= 15 is 0 Å². The quantitative estimate of drug-likeness (QED) is 0.761. The minimum Gasteiger partial charge on any atom is -0.340 e. The van der Waals surface area contributed by atoms with Gasteiger partial charge in [-0.1, -0.05) is 35.5 Å². The molecule has 2 aromatic rings. The Morgan fingerprint density at radius 2 is 1.91 bits per heavy atom. The van der Waals surface area contributed by atoms with E-state index in [1.54, 1.807) is 17.8 Å². The third kappa shape index (κ3) is 3.22. The Bertz CT molecular complexity index is 740. The van der Waals surface area contributed by atoms with Crippen molar-refractivity contribution in [3.05, 3.63) is 64.4 Å². The molecular weight excluding hydrogens is 317 g/mol. The van der Waals surface area contributed by atoms with E-state index in [1.165, 1.54) is 11.0 Å². The molecule has 1 N–H and O–H groups in total. The molecule has 1 nitrogen and oxygen atoms in total. The van der Waals surface area contributed by atoms with Crippen molar-refractivity contribution in [3.8, 4) is 0 Å². The Morgan fingerprint density at radius 1 is 1.09 bits per heavy atom. The molecule has 3 rings (SSSR count). The zero-order valence-electron chi connectivity index (χ0n) is 12.6. The number of hydrogen-bond acceptors (Lipinski definition) is 1. The molecule has 0 spiro atoms. The van der Waals surface area contributed by atoms with Crippen molar-refractivity contribution < 1.29 is 9.29 Å². The van der Waals surface area contributed by atoms with Crippen LogP contribution in [0.4, 0.5) is 4.39 Å². The van der Waals surface area contributed by atoms with Gasteiger partial charge in [-0.15, -0.1) is 0 Å². The molecule has 0 atom stereocenters. The van der Waals surface area contributed by atoms with Gasteiger partial charge in [-0.3, -0.25) is 0 Å². The molecular formula is C18H18ClFNS+. The molecule has 0 aromatic heterocycles. The van der Waals surface area contributed by atoms with Crippen LogP contribution in [0.1, 0.15) is 17.5 Å².